The summed E-state index contributed by atoms with van der Waals surface area (Å²) in [4.78, 5) is 25.4. The molecule has 2 aromatic rings. The Bertz CT molecular complexity index is 818. The normalized spacial score (nSPS) is 26.5. The first-order valence-electron chi connectivity index (χ1n) is 9.16. The van der Waals surface area contributed by atoms with Gasteiger partial charge in [-0.15, -0.1) is 0 Å². The standard InChI is InChI=1S/C19H24N4O3/c1-12-9-23(10-13(2)26-12)18-17(22-8-7-14(11-22)19(24)25)20-15-5-3-4-6-16(15)21-18/h3-6,12-14H,7-11H2,1-2H3,(H,24,25). The fraction of sp³-hybridized carbons (Fsp3) is 0.526. The minimum atomic E-state index is -0.739. The van der Waals surface area contributed by atoms with Crippen LogP contribution in [0.1, 0.15) is 20.3 Å². The molecule has 7 nitrogen and oxygen atoms in total. The second-order valence-corrected chi connectivity index (χ2v) is 7.29. The van der Waals surface area contributed by atoms with Gasteiger partial charge in [0.05, 0.1) is 29.2 Å². The number of fused-ring (bicyclic) bond motifs is 1. The summed E-state index contributed by atoms with van der Waals surface area (Å²) in [6.45, 7) is 6.79. The summed E-state index contributed by atoms with van der Waals surface area (Å²) >= 11 is 0. The molecule has 1 aromatic heterocycles. The first-order chi connectivity index (χ1) is 12.5. The summed E-state index contributed by atoms with van der Waals surface area (Å²) < 4.78 is 5.86. The van der Waals surface area contributed by atoms with Crippen LogP contribution in [0.4, 0.5) is 11.6 Å². The largest absolute Gasteiger partial charge is 0.481 e. The number of carboxylic acids is 1. The van der Waals surface area contributed by atoms with Crippen LogP contribution in [0.3, 0.4) is 0 Å². The second kappa shape index (κ2) is 6.72. The van der Waals surface area contributed by atoms with Crippen LogP contribution >= 0.6 is 0 Å². The third-order valence-electron chi connectivity index (χ3n) is 5.09. The maximum atomic E-state index is 11.4. The van der Waals surface area contributed by atoms with Gasteiger partial charge in [-0.3, -0.25) is 4.79 Å². The van der Waals surface area contributed by atoms with Crippen LogP contribution in [0.25, 0.3) is 11.0 Å². The van der Waals surface area contributed by atoms with Crippen molar-refractivity contribution in [2.24, 2.45) is 5.92 Å². The number of anilines is 2. The molecule has 2 aliphatic heterocycles. The van der Waals surface area contributed by atoms with E-state index >= 15 is 0 Å². The Morgan fingerprint density at radius 2 is 1.62 bits per heavy atom. The van der Waals surface area contributed by atoms with E-state index in [1.807, 2.05) is 24.3 Å². The molecule has 4 rings (SSSR count). The Morgan fingerprint density at radius 1 is 1.04 bits per heavy atom. The average Bonchev–Trinajstić information content (AvgIpc) is 3.10. The van der Waals surface area contributed by atoms with E-state index in [9.17, 15) is 9.90 Å². The molecule has 3 heterocycles. The smallest absolute Gasteiger partial charge is 0.308 e. The van der Waals surface area contributed by atoms with Crippen molar-refractivity contribution in [1.82, 2.24) is 9.97 Å². The number of hydrogen-bond acceptors (Lipinski definition) is 6. The minimum Gasteiger partial charge on any atom is -0.481 e. The van der Waals surface area contributed by atoms with Crippen LogP contribution in [0.5, 0.6) is 0 Å². The fourth-order valence-corrected chi connectivity index (χ4v) is 3.91. The molecular formula is C19H24N4O3. The molecule has 1 N–H and O–H groups in total. The van der Waals surface area contributed by atoms with Crippen LogP contribution in [-0.2, 0) is 9.53 Å². The third-order valence-corrected chi connectivity index (χ3v) is 5.09. The maximum Gasteiger partial charge on any atom is 0.308 e. The number of rotatable bonds is 3. The number of ether oxygens (including phenoxy) is 1. The molecule has 0 bridgehead atoms. The van der Waals surface area contributed by atoms with Crippen LogP contribution in [0.2, 0.25) is 0 Å². The summed E-state index contributed by atoms with van der Waals surface area (Å²) in [5, 5.41) is 9.35. The maximum absolute atomic E-state index is 11.4. The van der Waals surface area contributed by atoms with Crippen molar-refractivity contribution in [1.29, 1.82) is 0 Å². The molecule has 2 saturated heterocycles. The van der Waals surface area contributed by atoms with Gasteiger partial charge in [0.25, 0.3) is 0 Å². The van der Waals surface area contributed by atoms with E-state index in [4.69, 9.17) is 14.7 Å². The van der Waals surface area contributed by atoms with E-state index in [-0.39, 0.29) is 18.1 Å². The Labute approximate surface area is 152 Å². The predicted molar refractivity (Wildman–Crippen MR) is 99.7 cm³/mol. The lowest BCUT2D eigenvalue weighted by molar-refractivity contribution is -0.140. The van der Waals surface area contributed by atoms with Gasteiger partial charge in [0, 0.05) is 26.2 Å². The van der Waals surface area contributed by atoms with Gasteiger partial charge in [0.1, 0.15) is 0 Å². The second-order valence-electron chi connectivity index (χ2n) is 7.29. The van der Waals surface area contributed by atoms with Gasteiger partial charge in [0.2, 0.25) is 0 Å². The highest BCUT2D eigenvalue weighted by Gasteiger charge is 2.33. The Morgan fingerprint density at radius 3 is 2.15 bits per heavy atom. The van der Waals surface area contributed by atoms with E-state index < -0.39 is 5.97 Å². The number of carbonyl (C=O) groups is 1. The Hall–Kier alpha value is -2.41. The first kappa shape index (κ1) is 17.0. The summed E-state index contributed by atoms with van der Waals surface area (Å²) in [5.74, 6) is 0.528. The number of nitrogens with zero attached hydrogens (tertiary/aromatic N) is 4. The number of para-hydroxylation sites is 2. The summed E-state index contributed by atoms with van der Waals surface area (Å²) in [6, 6.07) is 7.82. The van der Waals surface area contributed by atoms with Crippen molar-refractivity contribution in [3.8, 4) is 0 Å². The zero-order chi connectivity index (χ0) is 18.3. The molecule has 3 unspecified atom stereocenters. The molecule has 138 valence electrons. The monoisotopic (exact) mass is 356 g/mol. The lowest BCUT2D eigenvalue weighted by Crippen LogP contribution is -2.46. The van der Waals surface area contributed by atoms with Crippen molar-refractivity contribution in [2.75, 3.05) is 36.0 Å². The number of hydrogen-bond donors (Lipinski definition) is 1. The number of carboxylic acid groups (broad SMARTS) is 1. The van der Waals surface area contributed by atoms with Gasteiger partial charge in [-0.1, -0.05) is 12.1 Å². The summed E-state index contributed by atoms with van der Waals surface area (Å²) in [7, 11) is 0. The molecule has 0 saturated carbocycles. The van der Waals surface area contributed by atoms with E-state index in [0.29, 0.717) is 19.5 Å². The van der Waals surface area contributed by atoms with E-state index in [0.717, 1.165) is 35.8 Å². The fourth-order valence-electron chi connectivity index (χ4n) is 3.91. The molecule has 3 atom stereocenters. The molecule has 0 radical (unpaired) electrons. The Balaban J connectivity index is 1.76. The lowest BCUT2D eigenvalue weighted by Gasteiger charge is -2.37. The first-order valence-corrected chi connectivity index (χ1v) is 9.16. The quantitative estimate of drug-likeness (QED) is 0.903. The SMILES string of the molecule is CC1CN(c2nc3ccccc3nc2N2CCC(C(=O)O)C2)CC(C)O1. The van der Waals surface area contributed by atoms with E-state index in [1.165, 1.54) is 0 Å². The van der Waals surface area contributed by atoms with Crippen molar-refractivity contribution >= 4 is 28.6 Å². The van der Waals surface area contributed by atoms with Crippen LogP contribution in [0, 0.1) is 5.92 Å². The van der Waals surface area contributed by atoms with E-state index in [2.05, 4.69) is 23.6 Å². The molecule has 26 heavy (non-hydrogen) atoms. The molecule has 0 spiro atoms. The topological polar surface area (TPSA) is 78.8 Å². The minimum absolute atomic E-state index is 0.116. The molecule has 7 heteroatoms. The zero-order valence-corrected chi connectivity index (χ0v) is 15.1. The number of benzene rings is 1. The Kier molecular flexibility index (Phi) is 4.40. The van der Waals surface area contributed by atoms with Crippen LogP contribution in [0.15, 0.2) is 24.3 Å². The average molecular weight is 356 g/mol. The number of aliphatic carboxylic acids is 1. The third kappa shape index (κ3) is 3.19. The van der Waals surface area contributed by atoms with Crippen molar-refractivity contribution < 1.29 is 14.6 Å². The van der Waals surface area contributed by atoms with Crippen molar-refractivity contribution in [3.63, 3.8) is 0 Å². The van der Waals surface area contributed by atoms with Gasteiger partial charge in [0.15, 0.2) is 11.6 Å². The molecule has 0 amide bonds. The van der Waals surface area contributed by atoms with Gasteiger partial charge in [-0.2, -0.15) is 0 Å². The van der Waals surface area contributed by atoms with Gasteiger partial charge in [-0.05, 0) is 32.4 Å². The van der Waals surface area contributed by atoms with Crippen molar-refractivity contribution in [2.45, 2.75) is 32.5 Å². The van der Waals surface area contributed by atoms with Crippen LogP contribution in [-0.4, -0.2) is 59.4 Å². The zero-order valence-electron chi connectivity index (χ0n) is 15.1. The number of aromatic nitrogens is 2. The molecule has 2 aliphatic rings. The summed E-state index contributed by atoms with van der Waals surface area (Å²) in [6.07, 6.45) is 0.870. The van der Waals surface area contributed by atoms with Crippen molar-refractivity contribution in [3.05, 3.63) is 24.3 Å². The molecular weight excluding hydrogens is 332 g/mol. The van der Waals surface area contributed by atoms with Gasteiger partial charge in [-0.25, -0.2) is 9.97 Å². The van der Waals surface area contributed by atoms with E-state index in [1.54, 1.807) is 0 Å². The van der Waals surface area contributed by atoms with Crippen LogP contribution < -0.4 is 9.80 Å². The predicted octanol–water partition coefficient (Wildman–Crippen LogP) is 2.15. The highest BCUT2D eigenvalue weighted by atomic mass is 16.5. The highest BCUT2D eigenvalue weighted by molar-refractivity contribution is 5.81. The summed E-state index contributed by atoms with van der Waals surface area (Å²) in [5.41, 5.74) is 1.69. The molecule has 1 aromatic carbocycles. The molecule has 0 aliphatic carbocycles. The number of morpholine rings is 1. The highest BCUT2D eigenvalue weighted by Crippen LogP contribution is 2.33. The van der Waals surface area contributed by atoms with Gasteiger partial charge < -0.3 is 19.6 Å². The lowest BCUT2D eigenvalue weighted by atomic mass is 10.1. The molecule has 2 fully saturated rings. The van der Waals surface area contributed by atoms with Gasteiger partial charge >= 0.3 is 5.97 Å².